The molecular formula is C28H24F2N2O3S. The molecule has 3 aromatic carbocycles. The lowest BCUT2D eigenvalue weighted by Crippen LogP contribution is -2.49. The molecule has 0 saturated carbocycles. The number of oxazole rings is 1. The number of aromatic nitrogens is 1. The van der Waals surface area contributed by atoms with Crippen LogP contribution in [0, 0.1) is 11.6 Å². The highest BCUT2D eigenvalue weighted by molar-refractivity contribution is 7.98. The normalized spacial score (nSPS) is 21.2. The molecule has 1 aromatic heterocycles. The van der Waals surface area contributed by atoms with Gasteiger partial charge in [-0.25, -0.2) is 13.8 Å². The fourth-order valence-electron chi connectivity index (χ4n) is 5.26. The Balaban J connectivity index is 1.08. The summed E-state index contributed by atoms with van der Waals surface area (Å²) in [7, 11) is 0. The van der Waals surface area contributed by atoms with Crippen LogP contribution in [-0.2, 0) is 5.75 Å². The molecule has 36 heavy (non-hydrogen) atoms. The summed E-state index contributed by atoms with van der Waals surface area (Å²) >= 11 is 1.52. The lowest BCUT2D eigenvalue weighted by molar-refractivity contribution is 0.0349. The Labute approximate surface area is 211 Å². The molecule has 2 bridgehead atoms. The van der Waals surface area contributed by atoms with Gasteiger partial charge in [0.25, 0.3) is 11.1 Å². The zero-order chi connectivity index (χ0) is 24.6. The Hall–Kier alpha value is -3.39. The number of halogens is 2. The topological polar surface area (TPSA) is 55.6 Å². The number of nitrogens with zero attached hydrogens (tertiary/aromatic N) is 2. The molecule has 8 heteroatoms. The third kappa shape index (κ3) is 4.57. The van der Waals surface area contributed by atoms with Crippen molar-refractivity contribution in [1.82, 2.24) is 9.88 Å². The number of rotatable bonds is 6. The van der Waals surface area contributed by atoms with E-state index in [9.17, 15) is 13.6 Å². The molecule has 2 saturated heterocycles. The van der Waals surface area contributed by atoms with Crippen molar-refractivity contribution in [3.8, 4) is 5.75 Å². The van der Waals surface area contributed by atoms with Crippen LogP contribution in [0.3, 0.4) is 0 Å². The van der Waals surface area contributed by atoms with Gasteiger partial charge in [-0.05, 0) is 54.8 Å². The van der Waals surface area contributed by atoms with E-state index in [1.54, 1.807) is 0 Å². The Bertz CT molecular complexity index is 1360. The third-order valence-corrected chi connectivity index (χ3v) is 7.85. The van der Waals surface area contributed by atoms with E-state index in [0.29, 0.717) is 29.4 Å². The fourth-order valence-corrected chi connectivity index (χ4v) is 6.05. The summed E-state index contributed by atoms with van der Waals surface area (Å²) in [6.45, 7) is 0. The SMILES string of the molecule is O=C(c1ccc(CSc2nc3ccccc3o2)cc1)N1C2CCC1CC(Oc1ccc(F)cc1F)C2. The highest BCUT2D eigenvalue weighted by Gasteiger charge is 2.44. The average Bonchev–Trinajstić information content (AvgIpc) is 3.42. The third-order valence-electron chi connectivity index (χ3n) is 6.95. The number of para-hydroxylation sites is 2. The number of hydrogen-bond donors (Lipinski definition) is 0. The zero-order valence-electron chi connectivity index (χ0n) is 19.4. The number of piperidine rings is 1. The second-order valence-electron chi connectivity index (χ2n) is 9.32. The van der Waals surface area contributed by atoms with Crippen molar-refractivity contribution in [2.45, 2.75) is 54.8 Å². The summed E-state index contributed by atoms with van der Waals surface area (Å²) in [6, 6.07) is 18.8. The van der Waals surface area contributed by atoms with E-state index in [1.807, 2.05) is 53.4 Å². The van der Waals surface area contributed by atoms with Crippen LogP contribution in [0.15, 0.2) is 76.4 Å². The second kappa shape index (κ2) is 9.58. The molecule has 2 aliphatic rings. The molecule has 3 heterocycles. The number of fused-ring (bicyclic) bond motifs is 3. The van der Waals surface area contributed by atoms with Crippen LogP contribution in [0.25, 0.3) is 11.1 Å². The van der Waals surface area contributed by atoms with E-state index in [-0.39, 0.29) is 29.8 Å². The smallest absolute Gasteiger partial charge is 0.257 e. The first-order valence-electron chi connectivity index (χ1n) is 12.0. The maximum atomic E-state index is 14.0. The van der Waals surface area contributed by atoms with Crippen LogP contribution >= 0.6 is 11.8 Å². The maximum absolute atomic E-state index is 14.0. The van der Waals surface area contributed by atoms with E-state index in [0.717, 1.165) is 35.6 Å². The molecule has 0 N–H and O–H groups in total. The van der Waals surface area contributed by atoms with Gasteiger partial charge in [-0.1, -0.05) is 36.0 Å². The molecule has 184 valence electrons. The lowest BCUT2D eigenvalue weighted by Gasteiger charge is -2.39. The summed E-state index contributed by atoms with van der Waals surface area (Å²) in [6.07, 6.45) is 2.89. The molecule has 0 radical (unpaired) electrons. The predicted octanol–water partition coefficient (Wildman–Crippen LogP) is 6.61. The van der Waals surface area contributed by atoms with E-state index in [1.165, 1.54) is 23.9 Å². The minimum atomic E-state index is -0.699. The first-order valence-corrected chi connectivity index (χ1v) is 13.0. The van der Waals surface area contributed by atoms with Gasteiger partial charge in [-0.3, -0.25) is 4.79 Å². The molecule has 2 aliphatic heterocycles. The monoisotopic (exact) mass is 506 g/mol. The predicted molar refractivity (Wildman–Crippen MR) is 133 cm³/mol. The van der Waals surface area contributed by atoms with Gasteiger partial charge in [0.15, 0.2) is 17.1 Å². The number of ether oxygens (including phenoxy) is 1. The molecule has 5 nitrogen and oxygen atoms in total. The first kappa shape index (κ1) is 23.0. The van der Waals surface area contributed by atoms with Crippen molar-refractivity contribution in [3.05, 3.63) is 89.5 Å². The van der Waals surface area contributed by atoms with Gasteiger partial charge in [-0.15, -0.1) is 0 Å². The molecule has 2 fully saturated rings. The van der Waals surface area contributed by atoms with Crippen molar-refractivity contribution in [2.24, 2.45) is 0 Å². The molecule has 4 aromatic rings. The largest absolute Gasteiger partial charge is 0.487 e. The fraction of sp³-hybridized carbons (Fsp3) is 0.286. The minimum absolute atomic E-state index is 0.0204. The van der Waals surface area contributed by atoms with Crippen LogP contribution in [0.5, 0.6) is 5.75 Å². The number of benzene rings is 3. The molecule has 6 rings (SSSR count). The number of thioether (sulfide) groups is 1. The van der Waals surface area contributed by atoms with Gasteiger partial charge in [-0.2, -0.15) is 0 Å². The summed E-state index contributed by atoms with van der Waals surface area (Å²) in [5, 5.41) is 0.624. The number of amides is 1. The van der Waals surface area contributed by atoms with Crippen molar-refractivity contribution in [3.63, 3.8) is 0 Å². The van der Waals surface area contributed by atoms with Crippen LogP contribution in [0.4, 0.5) is 8.78 Å². The zero-order valence-corrected chi connectivity index (χ0v) is 20.2. The summed E-state index contributed by atoms with van der Waals surface area (Å²) in [5.41, 5.74) is 3.35. The molecule has 2 atom stereocenters. The van der Waals surface area contributed by atoms with E-state index in [4.69, 9.17) is 9.15 Å². The van der Waals surface area contributed by atoms with Gasteiger partial charge in [0.1, 0.15) is 17.4 Å². The summed E-state index contributed by atoms with van der Waals surface area (Å²) < 4.78 is 38.9. The number of carbonyl (C=O) groups is 1. The standard InChI is InChI=1S/C28H24F2N2O3S/c29-19-9-12-25(23(30)13-19)34-22-14-20-10-11-21(15-22)32(20)27(33)18-7-5-17(6-8-18)16-36-28-31-24-3-1-2-4-26(24)35-28/h1-9,12-13,20-22H,10-11,14-16H2. The molecule has 1 amide bonds. The van der Waals surface area contributed by atoms with Crippen LogP contribution in [-0.4, -0.2) is 34.0 Å². The Morgan fingerprint density at radius 1 is 1.03 bits per heavy atom. The highest BCUT2D eigenvalue weighted by Crippen LogP contribution is 2.38. The van der Waals surface area contributed by atoms with Crippen molar-refractivity contribution in [1.29, 1.82) is 0 Å². The van der Waals surface area contributed by atoms with Crippen LogP contribution in [0.2, 0.25) is 0 Å². The Morgan fingerprint density at radius 2 is 1.78 bits per heavy atom. The van der Waals surface area contributed by atoms with Crippen molar-refractivity contribution in [2.75, 3.05) is 0 Å². The minimum Gasteiger partial charge on any atom is -0.487 e. The quantitative estimate of drug-likeness (QED) is 0.275. The molecule has 0 aliphatic carbocycles. The summed E-state index contributed by atoms with van der Waals surface area (Å²) in [5.74, 6) is -0.555. The maximum Gasteiger partial charge on any atom is 0.257 e. The van der Waals surface area contributed by atoms with Gasteiger partial charge in [0.05, 0.1) is 0 Å². The first-order chi connectivity index (χ1) is 17.5. The second-order valence-corrected chi connectivity index (χ2v) is 10.2. The van der Waals surface area contributed by atoms with Crippen molar-refractivity contribution < 1.29 is 22.7 Å². The van der Waals surface area contributed by atoms with E-state index < -0.39 is 11.6 Å². The van der Waals surface area contributed by atoms with Gasteiger partial charge < -0.3 is 14.1 Å². The van der Waals surface area contributed by atoms with Gasteiger partial charge in [0, 0.05) is 42.3 Å². The van der Waals surface area contributed by atoms with E-state index >= 15 is 0 Å². The Morgan fingerprint density at radius 3 is 2.50 bits per heavy atom. The van der Waals surface area contributed by atoms with E-state index in [2.05, 4.69) is 4.98 Å². The number of carbonyl (C=O) groups excluding carboxylic acids is 1. The van der Waals surface area contributed by atoms with Crippen molar-refractivity contribution >= 4 is 28.8 Å². The lowest BCUT2D eigenvalue weighted by atomic mass is 9.98. The molecular weight excluding hydrogens is 482 g/mol. The van der Waals surface area contributed by atoms with Crippen LogP contribution in [0.1, 0.15) is 41.6 Å². The summed E-state index contributed by atoms with van der Waals surface area (Å²) in [4.78, 5) is 19.8. The Kier molecular flexibility index (Phi) is 6.13. The average molecular weight is 507 g/mol. The van der Waals surface area contributed by atoms with Gasteiger partial charge >= 0.3 is 0 Å². The number of hydrogen-bond acceptors (Lipinski definition) is 5. The van der Waals surface area contributed by atoms with Crippen LogP contribution < -0.4 is 4.74 Å². The van der Waals surface area contributed by atoms with Gasteiger partial charge in [0.2, 0.25) is 0 Å². The highest BCUT2D eigenvalue weighted by atomic mass is 32.2. The molecule has 0 spiro atoms. The molecule has 2 unspecified atom stereocenters.